The molecule has 3 aromatic carbocycles. The zero-order valence-corrected chi connectivity index (χ0v) is 20.2. The Hall–Kier alpha value is -2.93. The number of nitrogens with one attached hydrogen (secondary N) is 1. The van der Waals surface area contributed by atoms with Gasteiger partial charge >= 0.3 is 0 Å². The summed E-state index contributed by atoms with van der Waals surface area (Å²) >= 11 is 6.63. The fraction of sp³-hybridized carbons (Fsp3) is 0.296. The van der Waals surface area contributed by atoms with Crippen molar-refractivity contribution in [3.63, 3.8) is 0 Å². The van der Waals surface area contributed by atoms with Gasteiger partial charge in [-0.05, 0) is 48.2 Å². The highest BCUT2D eigenvalue weighted by atomic mass is 35.5. The number of halogens is 2. The summed E-state index contributed by atoms with van der Waals surface area (Å²) in [7, 11) is 0. The minimum Gasteiger partial charge on any atom is -0.340 e. The summed E-state index contributed by atoms with van der Waals surface area (Å²) in [5.74, 6) is 0.737. The van der Waals surface area contributed by atoms with Crippen LogP contribution in [0, 0.1) is 19.7 Å². The van der Waals surface area contributed by atoms with Crippen molar-refractivity contribution >= 4 is 28.6 Å². The first-order valence-electron chi connectivity index (χ1n) is 11.6. The normalized spacial score (nSPS) is 15.1. The smallest absolute Gasteiger partial charge is 0.206 e. The molecule has 2 heterocycles. The Balaban J connectivity index is 1.68. The molecule has 0 aliphatic carbocycles. The summed E-state index contributed by atoms with van der Waals surface area (Å²) in [6, 6.07) is 17.4. The second-order valence-corrected chi connectivity index (χ2v) is 9.47. The Labute approximate surface area is 204 Å². The van der Waals surface area contributed by atoms with Crippen molar-refractivity contribution in [3.05, 3.63) is 93.3 Å². The lowest BCUT2D eigenvalue weighted by atomic mass is 9.98. The minimum absolute atomic E-state index is 0.152. The zero-order valence-electron chi connectivity index (χ0n) is 19.5. The number of fused-ring (bicyclic) bond motifs is 1. The van der Waals surface area contributed by atoms with E-state index in [2.05, 4.69) is 14.8 Å². The van der Waals surface area contributed by atoms with Crippen molar-refractivity contribution < 1.29 is 4.39 Å². The van der Waals surface area contributed by atoms with E-state index < -0.39 is 0 Å². The van der Waals surface area contributed by atoms with Crippen LogP contribution in [0.2, 0.25) is 5.02 Å². The monoisotopic (exact) mass is 477 g/mol. The van der Waals surface area contributed by atoms with Crippen LogP contribution in [0.5, 0.6) is 0 Å². The lowest BCUT2D eigenvalue weighted by molar-refractivity contribution is 0.571. The van der Waals surface area contributed by atoms with E-state index in [1.54, 1.807) is 0 Å². The molecular formula is C27H29ClFN5. The number of nitrogens with two attached hydrogens (primary N) is 1. The molecule has 176 valence electrons. The van der Waals surface area contributed by atoms with E-state index in [0.29, 0.717) is 22.7 Å². The van der Waals surface area contributed by atoms with Crippen LogP contribution in [0.25, 0.3) is 11.0 Å². The highest BCUT2D eigenvalue weighted by Gasteiger charge is 2.24. The van der Waals surface area contributed by atoms with E-state index in [1.165, 1.54) is 0 Å². The number of hydrogen-bond donors (Lipinski definition) is 2. The van der Waals surface area contributed by atoms with E-state index in [0.717, 1.165) is 59.9 Å². The Morgan fingerprint density at radius 2 is 1.74 bits per heavy atom. The van der Waals surface area contributed by atoms with Gasteiger partial charge in [0.15, 0.2) is 0 Å². The number of aromatic nitrogens is 2. The van der Waals surface area contributed by atoms with Gasteiger partial charge < -0.3 is 20.5 Å². The van der Waals surface area contributed by atoms with Gasteiger partial charge in [-0.2, -0.15) is 0 Å². The molecule has 1 aromatic heterocycles. The van der Waals surface area contributed by atoms with E-state index in [1.807, 2.05) is 68.4 Å². The molecule has 1 aliphatic rings. The zero-order chi connectivity index (χ0) is 23.8. The van der Waals surface area contributed by atoms with Crippen LogP contribution in [0.3, 0.4) is 0 Å². The number of nitrogens with zero attached hydrogens (tertiary/aromatic N) is 3. The van der Waals surface area contributed by atoms with E-state index in [-0.39, 0.29) is 11.9 Å². The third kappa shape index (κ3) is 4.29. The van der Waals surface area contributed by atoms with Gasteiger partial charge in [0.2, 0.25) is 5.95 Å². The second-order valence-electron chi connectivity index (χ2n) is 9.03. The summed E-state index contributed by atoms with van der Waals surface area (Å²) in [5, 5.41) is 4.03. The largest absolute Gasteiger partial charge is 0.340 e. The number of imidazole rings is 1. The number of benzene rings is 3. The molecule has 7 heteroatoms. The predicted octanol–water partition coefficient (Wildman–Crippen LogP) is 4.95. The molecule has 1 saturated heterocycles. The van der Waals surface area contributed by atoms with Crippen LogP contribution in [0.15, 0.2) is 54.6 Å². The molecule has 0 bridgehead atoms. The molecule has 0 unspecified atom stereocenters. The molecule has 0 spiro atoms. The first-order chi connectivity index (χ1) is 16.4. The van der Waals surface area contributed by atoms with Crippen LogP contribution >= 0.6 is 11.6 Å². The number of anilines is 1. The van der Waals surface area contributed by atoms with Gasteiger partial charge in [0.25, 0.3) is 0 Å². The van der Waals surface area contributed by atoms with Crippen molar-refractivity contribution in [1.82, 2.24) is 14.9 Å². The van der Waals surface area contributed by atoms with E-state index >= 15 is 0 Å². The van der Waals surface area contributed by atoms with Gasteiger partial charge in [0.05, 0.1) is 23.6 Å². The Kier molecular flexibility index (Phi) is 6.30. The first-order valence-corrected chi connectivity index (χ1v) is 12.0. The van der Waals surface area contributed by atoms with Crippen LogP contribution in [-0.4, -0.2) is 35.7 Å². The fourth-order valence-corrected chi connectivity index (χ4v) is 5.07. The summed E-state index contributed by atoms with van der Waals surface area (Å²) in [5.41, 5.74) is 12.7. The van der Waals surface area contributed by atoms with Crippen molar-refractivity contribution in [2.75, 3.05) is 31.1 Å². The first kappa shape index (κ1) is 22.8. The maximum atomic E-state index is 14.3. The fourth-order valence-electron chi connectivity index (χ4n) is 4.85. The molecule has 0 radical (unpaired) electrons. The Morgan fingerprint density at radius 3 is 2.41 bits per heavy atom. The Bertz CT molecular complexity index is 1310. The third-order valence-electron chi connectivity index (χ3n) is 6.56. The third-order valence-corrected chi connectivity index (χ3v) is 6.78. The van der Waals surface area contributed by atoms with Gasteiger partial charge in [0, 0.05) is 36.8 Å². The summed E-state index contributed by atoms with van der Waals surface area (Å²) < 4.78 is 16.5. The number of rotatable bonds is 5. The molecule has 5 rings (SSSR count). The van der Waals surface area contributed by atoms with Gasteiger partial charge in [-0.25, -0.2) is 9.37 Å². The molecule has 3 N–H and O–H groups in total. The van der Waals surface area contributed by atoms with Crippen LogP contribution in [-0.2, 0) is 6.54 Å². The molecule has 5 nitrogen and oxygen atoms in total. The predicted molar refractivity (Wildman–Crippen MR) is 137 cm³/mol. The molecule has 0 saturated carbocycles. The average Bonchev–Trinajstić information content (AvgIpc) is 3.20. The number of hydrogen-bond acceptors (Lipinski definition) is 4. The van der Waals surface area contributed by atoms with E-state index in [9.17, 15) is 4.39 Å². The molecule has 0 amide bonds. The highest BCUT2D eigenvalue weighted by molar-refractivity contribution is 6.31. The van der Waals surface area contributed by atoms with E-state index in [4.69, 9.17) is 22.3 Å². The maximum absolute atomic E-state index is 14.3. The molecule has 1 fully saturated rings. The number of piperazine rings is 1. The van der Waals surface area contributed by atoms with Gasteiger partial charge in [-0.3, -0.25) is 0 Å². The lowest BCUT2D eigenvalue weighted by Crippen LogP contribution is -2.44. The van der Waals surface area contributed by atoms with Crippen LogP contribution < -0.4 is 16.0 Å². The van der Waals surface area contributed by atoms with Crippen LogP contribution in [0.4, 0.5) is 10.3 Å². The molecule has 4 aromatic rings. The highest BCUT2D eigenvalue weighted by Crippen LogP contribution is 2.34. The molecule has 1 aliphatic heterocycles. The molecular weight excluding hydrogens is 449 g/mol. The summed E-state index contributed by atoms with van der Waals surface area (Å²) in [6.07, 6.45) is 0. The average molecular weight is 478 g/mol. The summed E-state index contributed by atoms with van der Waals surface area (Å²) in [4.78, 5) is 7.43. The SMILES string of the molecule is Cc1cc(Cn2c(N3CCNCC3)nc3c([C@@H](N)c4ccccc4)cc(Cl)cc32)cc(C)c1F. The van der Waals surface area contributed by atoms with Crippen LogP contribution in [0.1, 0.15) is 33.9 Å². The topological polar surface area (TPSA) is 59.1 Å². The number of aryl methyl sites for hydroxylation is 2. The summed E-state index contributed by atoms with van der Waals surface area (Å²) in [6.45, 7) is 7.70. The van der Waals surface area contributed by atoms with Crippen molar-refractivity contribution in [3.8, 4) is 0 Å². The van der Waals surface area contributed by atoms with Gasteiger partial charge in [0.1, 0.15) is 5.82 Å². The molecule has 34 heavy (non-hydrogen) atoms. The van der Waals surface area contributed by atoms with Gasteiger partial charge in [-0.15, -0.1) is 0 Å². The standard InChI is InChI=1S/C27H29ClFN5/c1-17-12-19(13-18(2)24(17)29)16-34-23-15-21(28)14-22(25(30)20-6-4-3-5-7-20)26(23)32-27(34)33-10-8-31-9-11-33/h3-7,12-15,25,31H,8-11,16,30H2,1-2H3/t25-/m0/s1. The maximum Gasteiger partial charge on any atom is 0.206 e. The quantitative estimate of drug-likeness (QED) is 0.427. The van der Waals surface area contributed by atoms with Crippen molar-refractivity contribution in [2.24, 2.45) is 5.73 Å². The second kappa shape index (κ2) is 9.37. The van der Waals surface area contributed by atoms with Gasteiger partial charge in [-0.1, -0.05) is 54.1 Å². The minimum atomic E-state index is -0.350. The lowest BCUT2D eigenvalue weighted by Gasteiger charge is -2.29. The Morgan fingerprint density at radius 1 is 1.06 bits per heavy atom. The molecule has 1 atom stereocenters. The van der Waals surface area contributed by atoms with Crippen molar-refractivity contribution in [2.45, 2.75) is 26.4 Å². The van der Waals surface area contributed by atoms with Crippen molar-refractivity contribution in [1.29, 1.82) is 0 Å².